The third-order valence-electron chi connectivity index (χ3n) is 7.99. The van der Waals surface area contributed by atoms with Gasteiger partial charge in [0.15, 0.2) is 0 Å². The SMILES string of the molecule is N#Cc1c(-c2ccccc2)cc(-c2ccc3c(c2)sc2ccccc23)c(C#N)c1-c1ccc2sc3ccccc3c2c1. The Morgan fingerprint density at radius 1 is 0.405 bits per heavy atom. The molecule has 0 aliphatic carbocycles. The molecular weight excluding hydrogens is 549 g/mol. The van der Waals surface area contributed by atoms with Crippen LogP contribution >= 0.6 is 22.7 Å². The van der Waals surface area contributed by atoms with Crippen molar-refractivity contribution in [3.63, 3.8) is 0 Å². The first-order valence-corrected chi connectivity index (χ1v) is 15.3. The second-order valence-electron chi connectivity index (χ2n) is 10.3. The first kappa shape index (κ1) is 24.5. The number of nitriles is 2. The lowest BCUT2D eigenvalue weighted by atomic mass is 9.83. The molecule has 8 aromatic rings. The van der Waals surface area contributed by atoms with Gasteiger partial charge in [-0.3, -0.25) is 0 Å². The van der Waals surface area contributed by atoms with Gasteiger partial charge in [0.05, 0.1) is 11.1 Å². The lowest BCUT2D eigenvalue weighted by Gasteiger charge is -2.17. The van der Waals surface area contributed by atoms with Gasteiger partial charge in [-0.15, -0.1) is 22.7 Å². The van der Waals surface area contributed by atoms with E-state index in [9.17, 15) is 10.5 Å². The molecule has 0 saturated heterocycles. The highest BCUT2D eigenvalue weighted by Gasteiger charge is 2.22. The van der Waals surface area contributed by atoms with Crippen molar-refractivity contribution in [1.82, 2.24) is 0 Å². The summed E-state index contributed by atoms with van der Waals surface area (Å²) in [5.74, 6) is 0. The zero-order chi connectivity index (χ0) is 28.2. The van der Waals surface area contributed by atoms with E-state index in [0.29, 0.717) is 16.7 Å². The Hall–Kier alpha value is -5.26. The Bertz CT molecular complexity index is 2430. The maximum Gasteiger partial charge on any atom is 0.100 e. The minimum Gasteiger partial charge on any atom is -0.192 e. The van der Waals surface area contributed by atoms with Gasteiger partial charge in [0, 0.05) is 57.0 Å². The topological polar surface area (TPSA) is 47.6 Å². The molecule has 2 aromatic heterocycles. The predicted octanol–water partition coefficient (Wildman–Crippen LogP) is 11.2. The monoisotopic (exact) mass is 568 g/mol. The van der Waals surface area contributed by atoms with Crippen LogP contribution in [0.2, 0.25) is 0 Å². The molecule has 2 heterocycles. The van der Waals surface area contributed by atoms with Crippen LogP contribution in [0.5, 0.6) is 0 Å². The van der Waals surface area contributed by atoms with E-state index in [-0.39, 0.29) is 0 Å². The molecule has 0 radical (unpaired) electrons. The second-order valence-corrected chi connectivity index (χ2v) is 12.5. The van der Waals surface area contributed by atoms with Crippen LogP contribution in [0, 0.1) is 22.7 Å². The van der Waals surface area contributed by atoms with E-state index in [2.05, 4.69) is 97.1 Å². The van der Waals surface area contributed by atoms with Crippen molar-refractivity contribution in [1.29, 1.82) is 10.5 Å². The van der Waals surface area contributed by atoms with Gasteiger partial charge in [-0.2, -0.15) is 10.5 Å². The van der Waals surface area contributed by atoms with Gasteiger partial charge < -0.3 is 0 Å². The number of hydrogen-bond donors (Lipinski definition) is 0. The highest BCUT2D eigenvalue weighted by atomic mass is 32.1. The molecule has 0 saturated carbocycles. The fourth-order valence-corrected chi connectivity index (χ4v) is 8.28. The summed E-state index contributed by atoms with van der Waals surface area (Å²) < 4.78 is 4.83. The molecule has 0 bridgehead atoms. The molecule has 0 N–H and O–H groups in total. The smallest absolute Gasteiger partial charge is 0.100 e. The van der Waals surface area contributed by atoms with E-state index in [0.717, 1.165) is 33.2 Å². The summed E-state index contributed by atoms with van der Waals surface area (Å²) in [5.41, 5.74) is 6.18. The summed E-state index contributed by atoms with van der Waals surface area (Å²) >= 11 is 3.52. The number of hydrogen-bond acceptors (Lipinski definition) is 4. The van der Waals surface area contributed by atoms with Crippen LogP contribution in [-0.2, 0) is 0 Å². The summed E-state index contributed by atoms with van der Waals surface area (Å²) in [6.45, 7) is 0. The van der Waals surface area contributed by atoms with Gasteiger partial charge in [0.2, 0.25) is 0 Å². The largest absolute Gasteiger partial charge is 0.192 e. The Kier molecular flexibility index (Phi) is 5.66. The Morgan fingerprint density at radius 2 is 0.952 bits per heavy atom. The number of thiophene rings is 2. The minimum atomic E-state index is 0.517. The maximum atomic E-state index is 10.7. The summed E-state index contributed by atoms with van der Waals surface area (Å²) in [6.07, 6.45) is 0. The molecule has 42 heavy (non-hydrogen) atoms. The molecule has 0 unspecified atom stereocenters. The first-order valence-electron chi connectivity index (χ1n) is 13.6. The first-order chi connectivity index (χ1) is 20.7. The predicted molar refractivity (Wildman–Crippen MR) is 178 cm³/mol. The van der Waals surface area contributed by atoms with E-state index in [1.807, 2.05) is 36.4 Å². The van der Waals surface area contributed by atoms with Crippen molar-refractivity contribution in [3.05, 3.63) is 132 Å². The Balaban J connectivity index is 1.45. The normalized spacial score (nSPS) is 11.3. The number of fused-ring (bicyclic) bond motifs is 6. The summed E-state index contributed by atoms with van der Waals surface area (Å²) in [4.78, 5) is 0. The summed E-state index contributed by atoms with van der Waals surface area (Å²) in [5, 5.41) is 26.1. The highest BCUT2D eigenvalue weighted by Crippen LogP contribution is 2.44. The lowest BCUT2D eigenvalue weighted by molar-refractivity contribution is 1.43. The van der Waals surface area contributed by atoms with Crippen LogP contribution in [0.25, 0.3) is 73.7 Å². The maximum absolute atomic E-state index is 10.7. The molecule has 6 aromatic carbocycles. The Morgan fingerprint density at radius 3 is 1.67 bits per heavy atom. The zero-order valence-corrected chi connectivity index (χ0v) is 23.9. The van der Waals surface area contributed by atoms with E-state index in [1.165, 1.54) is 35.0 Å². The molecule has 0 fully saturated rings. The van der Waals surface area contributed by atoms with Gasteiger partial charge in [-0.1, -0.05) is 84.9 Å². The molecule has 194 valence electrons. The van der Waals surface area contributed by atoms with Crippen molar-refractivity contribution in [3.8, 4) is 45.5 Å². The van der Waals surface area contributed by atoms with Crippen molar-refractivity contribution >= 4 is 63.0 Å². The molecule has 0 spiro atoms. The zero-order valence-electron chi connectivity index (χ0n) is 22.3. The number of rotatable bonds is 3. The van der Waals surface area contributed by atoms with Gasteiger partial charge in [0.1, 0.15) is 12.1 Å². The van der Waals surface area contributed by atoms with Gasteiger partial charge in [-0.25, -0.2) is 0 Å². The molecule has 0 amide bonds. The number of nitrogens with zero attached hydrogens (tertiary/aromatic N) is 2. The third-order valence-corrected chi connectivity index (χ3v) is 10.3. The molecule has 2 nitrogen and oxygen atoms in total. The average Bonchev–Trinajstić information content (AvgIpc) is 3.61. The molecule has 0 aliphatic rings. The van der Waals surface area contributed by atoms with Crippen molar-refractivity contribution in [2.75, 3.05) is 0 Å². The second kappa shape index (κ2) is 9.68. The number of benzene rings is 6. The Labute approximate surface area is 250 Å². The molecular formula is C38H20N2S2. The lowest BCUT2D eigenvalue weighted by Crippen LogP contribution is -1.98. The van der Waals surface area contributed by atoms with Crippen LogP contribution in [0.3, 0.4) is 0 Å². The van der Waals surface area contributed by atoms with E-state index in [1.54, 1.807) is 22.7 Å². The van der Waals surface area contributed by atoms with Crippen molar-refractivity contribution in [2.24, 2.45) is 0 Å². The molecule has 0 aliphatic heterocycles. The molecule has 4 heteroatoms. The van der Waals surface area contributed by atoms with Crippen LogP contribution in [0.4, 0.5) is 0 Å². The van der Waals surface area contributed by atoms with Crippen LogP contribution in [0.1, 0.15) is 11.1 Å². The quantitative estimate of drug-likeness (QED) is 0.213. The van der Waals surface area contributed by atoms with Crippen molar-refractivity contribution in [2.45, 2.75) is 0 Å². The van der Waals surface area contributed by atoms with Gasteiger partial charge in [0.25, 0.3) is 0 Å². The van der Waals surface area contributed by atoms with Crippen molar-refractivity contribution < 1.29 is 0 Å². The summed E-state index contributed by atoms with van der Waals surface area (Å²) in [7, 11) is 0. The van der Waals surface area contributed by atoms with E-state index in [4.69, 9.17) is 0 Å². The van der Waals surface area contributed by atoms with Crippen LogP contribution in [0.15, 0.2) is 121 Å². The minimum absolute atomic E-state index is 0.517. The van der Waals surface area contributed by atoms with Gasteiger partial charge >= 0.3 is 0 Å². The highest BCUT2D eigenvalue weighted by molar-refractivity contribution is 7.26. The van der Waals surface area contributed by atoms with Crippen LogP contribution < -0.4 is 0 Å². The fraction of sp³-hybridized carbons (Fsp3) is 0. The molecule has 8 rings (SSSR count). The third kappa shape index (κ3) is 3.75. The average molecular weight is 569 g/mol. The van der Waals surface area contributed by atoms with E-state index >= 15 is 0 Å². The standard InChI is InChI=1S/C38H20N2S2/c39-21-32-29(23-8-2-1-3-9-23)20-30(24-14-16-28-26-10-4-6-12-34(26)42-37(28)19-24)33(22-40)38(32)25-15-17-36-31(18-25)27-11-5-7-13-35(27)41-36/h1-20H. The fourth-order valence-electron chi connectivity index (χ4n) is 6.05. The van der Waals surface area contributed by atoms with Crippen LogP contribution in [-0.4, -0.2) is 0 Å². The molecule has 0 atom stereocenters. The summed E-state index contributed by atoms with van der Waals surface area (Å²) in [6, 6.07) is 46.7. The van der Waals surface area contributed by atoms with Gasteiger partial charge in [-0.05, 0) is 53.1 Å². The van der Waals surface area contributed by atoms with E-state index < -0.39 is 0 Å².